The Morgan fingerprint density at radius 1 is 1.62 bits per heavy atom. The lowest BCUT2D eigenvalue weighted by atomic mass is 9.85. The predicted octanol–water partition coefficient (Wildman–Crippen LogP) is 2.23. The molecule has 1 fully saturated rings. The van der Waals surface area contributed by atoms with Gasteiger partial charge in [0.1, 0.15) is 0 Å². The van der Waals surface area contributed by atoms with Crippen molar-refractivity contribution in [3.8, 4) is 0 Å². The first kappa shape index (κ1) is 11.6. The van der Waals surface area contributed by atoms with Gasteiger partial charge in [-0.1, -0.05) is 13.8 Å². The van der Waals surface area contributed by atoms with Gasteiger partial charge in [-0.15, -0.1) is 0 Å². The Hall–Kier alpha value is -0.830. The lowest BCUT2D eigenvalue weighted by Gasteiger charge is -2.22. The molecule has 1 aromatic heterocycles. The van der Waals surface area contributed by atoms with Gasteiger partial charge >= 0.3 is 0 Å². The number of hydrogen-bond acceptors (Lipinski definition) is 2. The molecule has 2 rings (SSSR count). The summed E-state index contributed by atoms with van der Waals surface area (Å²) < 4.78 is 1.91. The van der Waals surface area contributed by atoms with Crippen LogP contribution in [0.1, 0.15) is 45.2 Å². The van der Waals surface area contributed by atoms with Gasteiger partial charge < -0.3 is 5.32 Å². The molecule has 0 aromatic carbocycles. The average molecular weight is 221 g/mol. The zero-order valence-electron chi connectivity index (χ0n) is 10.7. The van der Waals surface area contributed by atoms with Crippen LogP contribution >= 0.6 is 0 Å². The van der Waals surface area contributed by atoms with Crippen molar-refractivity contribution < 1.29 is 0 Å². The molecule has 0 saturated heterocycles. The van der Waals surface area contributed by atoms with E-state index in [0.717, 1.165) is 6.54 Å². The summed E-state index contributed by atoms with van der Waals surface area (Å²) in [6.45, 7) is 5.71. The van der Waals surface area contributed by atoms with Crippen molar-refractivity contribution in [2.75, 3.05) is 6.54 Å². The van der Waals surface area contributed by atoms with Gasteiger partial charge in [0.15, 0.2) is 0 Å². The summed E-state index contributed by atoms with van der Waals surface area (Å²) in [6.07, 6.45) is 7.03. The first-order valence-electron chi connectivity index (χ1n) is 6.37. The minimum absolute atomic E-state index is 0.284. The Morgan fingerprint density at radius 3 is 3.06 bits per heavy atom. The van der Waals surface area contributed by atoms with Crippen LogP contribution in [-0.2, 0) is 12.5 Å². The van der Waals surface area contributed by atoms with Crippen LogP contribution in [0.3, 0.4) is 0 Å². The van der Waals surface area contributed by atoms with Crippen molar-refractivity contribution in [2.24, 2.45) is 7.05 Å². The lowest BCUT2D eigenvalue weighted by molar-refractivity contribution is 0.438. The Bertz CT molecular complexity index is 345. The highest BCUT2D eigenvalue weighted by Gasteiger charge is 2.37. The van der Waals surface area contributed by atoms with E-state index in [4.69, 9.17) is 0 Å². The number of rotatable bonds is 4. The van der Waals surface area contributed by atoms with Gasteiger partial charge in [-0.3, -0.25) is 4.68 Å². The van der Waals surface area contributed by atoms with Crippen molar-refractivity contribution in [3.63, 3.8) is 0 Å². The van der Waals surface area contributed by atoms with Crippen LogP contribution in [0.5, 0.6) is 0 Å². The van der Waals surface area contributed by atoms with E-state index in [0.29, 0.717) is 6.04 Å². The van der Waals surface area contributed by atoms with E-state index in [1.807, 2.05) is 17.9 Å². The maximum absolute atomic E-state index is 4.57. The van der Waals surface area contributed by atoms with Crippen molar-refractivity contribution in [2.45, 2.75) is 51.0 Å². The minimum atomic E-state index is 0.284. The second-order valence-corrected chi connectivity index (χ2v) is 5.33. The van der Waals surface area contributed by atoms with Gasteiger partial charge in [0, 0.05) is 24.7 Å². The molecule has 1 aliphatic carbocycles. The molecule has 0 spiro atoms. The summed E-state index contributed by atoms with van der Waals surface area (Å²) in [5.41, 5.74) is 1.54. The molecule has 2 atom stereocenters. The highest BCUT2D eigenvalue weighted by Crippen LogP contribution is 2.39. The maximum Gasteiger partial charge on any atom is 0.0683 e. The third-order valence-electron chi connectivity index (χ3n) is 3.76. The Morgan fingerprint density at radius 2 is 2.44 bits per heavy atom. The van der Waals surface area contributed by atoms with Gasteiger partial charge in [-0.25, -0.2) is 0 Å². The number of aryl methyl sites for hydroxylation is 1. The molecule has 3 nitrogen and oxygen atoms in total. The molecule has 2 unspecified atom stereocenters. The highest BCUT2D eigenvalue weighted by atomic mass is 15.3. The van der Waals surface area contributed by atoms with Crippen LogP contribution in [0.15, 0.2) is 12.3 Å². The predicted molar refractivity (Wildman–Crippen MR) is 66.5 cm³/mol. The van der Waals surface area contributed by atoms with Crippen molar-refractivity contribution in [3.05, 3.63) is 18.0 Å². The molecule has 3 heteroatoms. The largest absolute Gasteiger partial charge is 0.314 e. The molecule has 0 radical (unpaired) electrons. The third-order valence-corrected chi connectivity index (χ3v) is 3.76. The Labute approximate surface area is 98.2 Å². The van der Waals surface area contributed by atoms with Gasteiger partial charge in [0.2, 0.25) is 0 Å². The lowest BCUT2D eigenvalue weighted by Crippen LogP contribution is -2.29. The van der Waals surface area contributed by atoms with Crippen LogP contribution in [-0.4, -0.2) is 22.4 Å². The van der Waals surface area contributed by atoms with Crippen LogP contribution in [0.2, 0.25) is 0 Å². The van der Waals surface area contributed by atoms with Crippen molar-refractivity contribution in [1.82, 2.24) is 15.1 Å². The highest BCUT2D eigenvalue weighted by molar-refractivity contribution is 5.17. The van der Waals surface area contributed by atoms with Crippen LogP contribution in [0.25, 0.3) is 0 Å². The average Bonchev–Trinajstić information content (AvgIpc) is 2.83. The molecule has 1 N–H and O–H groups in total. The number of hydrogen-bond donors (Lipinski definition) is 1. The summed E-state index contributed by atoms with van der Waals surface area (Å²) in [6, 6.07) is 2.86. The SMILES string of the molecule is CCCNC1CCC(C)(c2ccn(C)n2)C1. The second-order valence-electron chi connectivity index (χ2n) is 5.33. The van der Waals surface area contributed by atoms with E-state index >= 15 is 0 Å². The van der Waals surface area contributed by atoms with E-state index in [-0.39, 0.29) is 5.41 Å². The minimum Gasteiger partial charge on any atom is -0.314 e. The van der Waals surface area contributed by atoms with E-state index in [1.54, 1.807) is 0 Å². The second kappa shape index (κ2) is 4.58. The van der Waals surface area contributed by atoms with E-state index < -0.39 is 0 Å². The van der Waals surface area contributed by atoms with Gasteiger partial charge in [-0.05, 0) is 38.3 Å². The van der Waals surface area contributed by atoms with Crippen molar-refractivity contribution >= 4 is 0 Å². The molecular weight excluding hydrogens is 198 g/mol. The Balaban J connectivity index is 2.00. The molecule has 1 heterocycles. The van der Waals surface area contributed by atoms with Crippen LogP contribution in [0.4, 0.5) is 0 Å². The summed E-state index contributed by atoms with van der Waals surface area (Å²) in [5, 5.41) is 8.20. The molecular formula is C13H23N3. The standard InChI is InChI=1S/C13H23N3/c1-4-8-14-11-5-7-13(2,10-11)12-6-9-16(3)15-12/h6,9,11,14H,4-5,7-8,10H2,1-3H3. The fraction of sp³-hybridized carbons (Fsp3) is 0.769. The number of aromatic nitrogens is 2. The number of nitrogens with one attached hydrogen (secondary N) is 1. The molecule has 16 heavy (non-hydrogen) atoms. The van der Waals surface area contributed by atoms with E-state index in [2.05, 4.69) is 30.3 Å². The monoisotopic (exact) mass is 221 g/mol. The molecule has 0 aliphatic heterocycles. The normalized spacial score (nSPS) is 29.8. The molecule has 1 saturated carbocycles. The summed E-state index contributed by atoms with van der Waals surface area (Å²) in [7, 11) is 1.99. The smallest absolute Gasteiger partial charge is 0.0683 e. The van der Waals surface area contributed by atoms with Crippen molar-refractivity contribution in [1.29, 1.82) is 0 Å². The van der Waals surface area contributed by atoms with Crippen LogP contribution < -0.4 is 5.32 Å². The fourth-order valence-corrected chi connectivity index (χ4v) is 2.73. The fourth-order valence-electron chi connectivity index (χ4n) is 2.73. The molecule has 0 bridgehead atoms. The van der Waals surface area contributed by atoms with Gasteiger partial charge in [-0.2, -0.15) is 5.10 Å². The third kappa shape index (κ3) is 2.29. The quantitative estimate of drug-likeness (QED) is 0.845. The molecule has 0 amide bonds. The number of nitrogens with zero attached hydrogens (tertiary/aromatic N) is 2. The zero-order chi connectivity index (χ0) is 11.6. The van der Waals surface area contributed by atoms with E-state index in [1.165, 1.54) is 31.4 Å². The first-order chi connectivity index (χ1) is 7.64. The maximum atomic E-state index is 4.57. The first-order valence-corrected chi connectivity index (χ1v) is 6.37. The molecule has 90 valence electrons. The zero-order valence-corrected chi connectivity index (χ0v) is 10.7. The van der Waals surface area contributed by atoms with Gasteiger partial charge in [0.25, 0.3) is 0 Å². The topological polar surface area (TPSA) is 29.9 Å². The summed E-state index contributed by atoms with van der Waals surface area (Å²) >= 11 is 0. The molecule has 1 aromatic rings. The summed E-state index contributed by atoms with van der Waals surface area (Å²) in [5.74, 6) is 0. The van der Waals surface area contributed by atoms with Crippen LogP contribution in [0, 0.1) is 0 Å². The van der Waals surface area contributed by atoms with Gasteiger partial charge in [0.05, 0.1) is 5.69 Å². The molecule has 1 aliphatic rings. The summed E-state index contributed by atoms with van der Waals surface area (Å²) in [4.78, 5) is 0. The Kier molecular flexibility index (Phi) is 3.33. The van der Waals surface area contributed by atoms with E-state index in [9.17, 15) is 0 Å².